The van der Waals surface area contributed by atoms with Crippen molar-refractivity contribution in [3.05, 3.63) is 59.0 Å². The molecule has 0 aliphatic carbocycles. The second kappa shape index (κ2) is 8.47. The number of hydrogen-bond donors (Lipinski definition) is 0. The summed E-state index contributed by atoms with van der Waals surface area (Å²) in [6, 6.07) is 12.8. The summed E-state index contributed by atoms with van der Waals surface area (Å²) >= 11 is 0. The zero-order valence-corrected chi connectivity index (χ0v) is 15.8. The quantitative estimate of drug-likeness (QED) is 0.680. The molecule has 8 heteroatoms. The fourth-order valence-corrected chi connectivity index (χ4v) is 3.03. The highest BCUT2D eigenvalue weighted by Crippen LogP contribution is 2.16. The van der Waals surface area contributed by atoms with E-state index in [1.807, 2.05) is 43.3 Å². The zero-order valence-electron chi connectivity index (χ0n) is 14.9. The summed E-state index contributed by atoms with van der Waals surface area (Å²) in [5, 5.41) is 0.515. The van der Waals surface area contributed by atoms with Gasteiger partial charge in [-0.15, -0.1) is 17.1 Å². The lowest BCUT2D eigenvalue weighted by Crippen LogP contribution is -2.48. The summed E-state index contributed by atoms with van der Waals surface area (Å²) in [6.07, 6.45) is 1.38. The predicted octanol–water partition coefficient (Wildman–Crippen LogP) is 1.99. The molecule has 27 heavy (non-hydrogen) atoms. The van der Waals surface area contributed by atoms with E-state index in [1.54, 1.807) is 12.3 Å². The number of morpholine rings is 1. The number of benzene rings is 1. The van der Waals surface area contributed by atoms with Gasteiger partial charge in [0.25, 0.3) is 5.56 Å². The van der Waals surface area contributed by atoms with E-state index in [1.165, 1.54) is 4.73 Å². The monoisotopic (exact) mass is 388 g/mol. The van der Waals surface area contributed by atoms with Crippen LogP contribution in [0.1, 0.15) is 6.92 Å². The molecule has 0 bridgehead atoms. The maximum absolute atomic E-state index is 13.1. The molecule has 1 aliphatic heterocycles. The van der Waals surface area contributed by atoms with Crippen LogP contribution >= 0.6 is 12.4 Å². The highest BCUT2D eigenvalue weighted by Gasteiger charge is 2.22. The molecule has 1 unspecified atom stereocenters. The van der Waals surface area contributed by atoms with E-state index in [9.17, 15) is 4.79 Å². The summed E-state index contributed by atoms with van der Waals surface area (Å²) < 4.78 is 6.66. The first-order valence-corrected chi connectivity index (χ1v) is 8.66. The summed E-state index contributed by atoms with van der Waals surface area (Å²) in [5.74, 6) is 0.398. The number of nitrogens with zero attached hydrogens (tertiary/aromatic N) is 4. The number of ether oxygens (including phenoxy) is 1. The minimum absolute atomic E-state index is 0. The number of para-hydroxylation sites is 1. The number of hydrogen-bond acceptors (Lipinski definition) is 6. The average molecular weight is 389 g/mol. The molecular formula is C19H21ClN4O3. The van der Waals surface area contributed by atoms with Gasteiger partial charge in [-0.25, -0.2) is 4.98 Å². The Morgan fingerprint density at radius 2 is 1.85 bits per heavy atom. The van der Waals surface area contributed by atoms with E-state index < -0.39 is 0 Å². The van der Waals surface area contributed by atoms with Crippen LogP contribution in [0.5, 0.6) is 0 Å². The summed E-state index contributed by atoms with van der Waals surface area (Å²) in [6.45, 7) is 4.76. The van der Waals surface area contributed by atoms with Crippen molar-refractivity contribution in [2.45, 2.75) is 13.2 Å². The maximum atomic E-state index is 13.1. The van der Waals surface area contributed by atoms with Crippen LogP contribution in [0, 0.1) is 0 Å². The smallest absolute Gasteiger partial charge is 0.294 e. The van der Waals surface area contributed by atoms with Crippen molar-refractivity contribution < 1.29 is 9.57 Å². The molecule has 0 amide bonds. The number of fused-ring (bicyclic) bond motifs is 1. The highest BCUT2D eigenvalue weighted by molar-refractivity contribution is 5.85. The summed E-state index contributed by atoms with van der Waals surface area (Å²) in [5.41, 5.74) is 0.970. The van der Waals surface area contributed by atoms with Gasteiger partial charge in [0, 0.05) is 19.3 Å². The first-order valence-electron chi connectivity index (χ1n) is 8.66. The van der Waals surface area contributed by atoms with Gasteiger partial charge < -0.3 is 9.57 Å². The second-order valence-electron chi connectivity index (χ2n) is 6.12. The molecule has 4 rings (SSSR count). The number of pyridine rings is 1. The fraction of sp³-hybridized carbons (Fsp3) is 0.316. The van der Waals surface area contributed by atoms with Gasteiger partial charge in [-0.1, -0.05) is 18.2 Å². The molecule has 2 aromatic heterocycles. The largest absolute Gasteiger partial charge is 0.390 e. The summed E-state index contributed by atoms with van der Waals surface area (Å²) in [4.78, 5) is 30.2. The Balaban J connectivity index is 0.00000210. The highest BCUT2D eigenvalue weighted by atomic mass is 35.5. The van der Waals surface area contributed by atoms with E-state index >= 15 is 0 Å². The Kier molecular flexibility index (Phi) is 6.05. The summed E-state index contributed by atoms with van der Waals surface area (Å²) in [7, 11) is 0. The topological polar surface area (TPSA) is 69.5 Å². The number of rotatable bonds is 4. The van der Waals surface area contributed by atoms with Crippen molar-refractivity contribution in [1.82, 2.24) is 19.6 Å². The lowest BCUT2D eigenvalue weighted by atomic mass is 10.2. The lowest BCUT2D eigenvalue weighted by Gasteiger charge is -2.32. The molecule has 1 atom stereocenters. The molecule has 0 N–H and O–H groups in total. The van der Waals surface area contributed by atoms with Gasteiger partial charge in [0.15, 0.2) is 12.1 Å². The van der Waals surface area contributed by atoms with Crippen molar-refractivity contribution >= 4 is 23.3 Å². The Hall–Kier alpha value is -2.48. The first-order chi connectivity index (χ1) is 12.7. The van der Waals surface area contributed by atoms with Crippen LogP contribution in [-0.2, 0) is 4.74 Å². The lowest BCUT2D eigenvalue weighted by molar-refractivity contribution is -0.0921. The normalized spacial score (nSPS) is 15.9. The second-order valence-corrected chi connectivity index (χ2v) is 6.12. The molecule has 0 spiro atoms. The van der Waals surface area contributed by atoms with E-state index in [4.69, 9.17) is 9.57 Å². The van der Waals surface area contributed by atoms with Crippen LogP contribution in [0.3, 0.4) is 0 Å². The van der Waals surface area contributed by atoms with Gasteiger partial charge in [-0.3, -0.25) is 14.7 Å². The third-order valence-corrected chi connectivity index (χ3v) is 4.45. The van der Waals surface area contributed by atoms with Gasteiger partial charge >= 0.3 is 0 Å². The van der Waals surface area contributed by atoms with Gasteiger partial charge in [0.05, 0.1) is 24.1 Å². The van der Waals surface area contributed by atoms with Crippen LogP contribution in [0.15, 0.2) is 53.5 Å². The van der Waals surface area contributed by atoms with E-state index in [-0.39, 0.29) is 24.2 Å². The van der Waals surface area contributed by atoms with Crippen molar-refractivity contribution in [2.75, 3.05) is 26.3 Å². The van der Waals surface area contributed by atoms with E-state index in [0.29, 0.717) is 35.6 Å². The Morgan fingerprint density at radius 3 is 2.59 bits per heavy atom. The molecule has 1 saturated heterocycles. The molecule has 0 radical (unpaired) electrons. The van der Waals surface area contributed by atoms with Gasteiger partial charge in [0.2, 0.25) is 0 Å². The standard InChI is InChI=1S/C19H20N4O3.ClH/c1-14(22-10-12-25-13-11-22)26-23-18(17-8-4-5-9-20-17)21-16-7-3-2-6-15(16)19(23)24;/h2-9,14H,10-13H2,1H3;1H. The van der Waals surface area contributed by atoms with Gasteiger partial charge in [-0.2, -0.15) is 0 Å². The minimum atomic E-state index is -0.290. The molecular weight excluding hydrogens is 368 g/mol. The maximum Gasteiger partial charge on any atom is 0.294 e. The molecule has 3 aromatic rings. The SMILES string of the molecule is CC(On1c(-c2ccccn2)nc2ccccc2c1=O)N1CCOCC1.Cl. The van der Waals surface area contributed by atoms with E-state index in [0.717, 1.165) is 13.1 Å². The average Bonchev–Trinajstić information content (AvgIpc) is 2.71. The Morgan fingerprint density at radius 1 is 1.11 bits per heavy atom. The predicted molar refractivity (Wildman–Crippen MR) is 105 cm³/mol. The molecule has 1 aromatic carbocycles. The van der Waals surface area contributed by atoms with Crippen LogP contribution in [0.2, 0.25) is 0 Å². The third kappa shape index (κ3) is 3.95. The van der Waals surface area contributed by atoms with Gasteiger partial charge in [0.1, 0.15) is 5.69 Å². The Labute approximate surface area is 162 Å². The van der Waals surface area contributed by atoms with Crippen molar-refractivity contribution in [2.24, 2.45) is 0 Å². The van der Waals surface area contributed by atoms with Crippen LogP contribution in [0.25, 0.3) is 22.4 Å². The molecule has 1 aliphatic rings. The minimum Gasteiger partial charge on any atom is -0.390 e. The van der Waals surface area contributed by atoms with Crippen molar-refractivity contribution in [3.8, 4) is 11.5 Å². The van der Waals surface area contributed by atoms with Crippen molar-refractivity contribution in [3.63, 3.8) is 0 Å². The molecule has 7 nitrogen and oxygen atoms in total. The first kappa shape index (κ1) is 19.3. The van der Waals surface area contributed by atoms with Crippen molar-refractivity contribution in [1.29, 1.82) is 0 Å². The molecule has 1 fully saturated rings. The Bertz CT molecular complexity index is 958. The van der Waals surface area contributed by atoms with E-state index in [2.05, 4.69) is 14.9 Å². The number of aromatic nitrogens is 3. The zero-order chi connectivity index (χ0) is 17.9. The molecule has 3 heterocycles. The fourth-order valence-electron chi connectivity index (χ4n) is 3.03. The van der Waals surface area contributed by atoms with Gasteiger partial charge in [-0.05, 0) is 31.2 Å². The van der Waals surface area contributed by atoms with Crippen LogP contribution in [0.4, 0.5) is 0 Å². The van der Waals surface area contributed by atoms with Crippen LogP contribution in [-0.4, -0.2) is 52.1 Å². The molecule has 0 saturated carbocycles. The third-order valence-electron chi connectivity index (χ3n) is 4.45. The van der Waals surface area contributed by atoms with Crippen LogP contribution < -0.4 is 10.4 Å². The number of halogens is 1. The molecule has 142 valence electrons.